The Labute approximate surface area is 171 Å². The normalized spacial score (nSPS) is 10.4. The second kappa shape index (κ2) is 8.31. The number of carbonyl (C=O) groups is 2. The van der Waals surface area contributed by atoms with E-state index in [-0.39, 0.29) is 11.8 Å². The molecule has 4 aromatic rings. The number of nitrogens with one attached hydrogen (secondary N) is 3. The zero-order chi connectivity index (χ0) is 20.9. The number of hydrogen-bond acceptors (Lipinski definition) is 6. The quantitative estimate of drug-likeness (QED) is 0.467. The average Bonchev–Trinajstić information content (AvgIpc) is 3.24. The summed E-state index contributed by atoms with van der Waals surface area (Å²) in [6.07, 6.45) is 2.51. The fraction of sp³-hybridized carbons (Fsp3) is 0.0476. The Morgan fingerprint density at radius 2 is 1.87 bits per heavy atom. The molecule has 9 heteroatoms. The van der Waals surface area contributed by atoms with Gasteiger partial charge in [-0.1, -0.05) is 18.2 Å². The van der Waals surface area contributed by atoms with Gasteiger partial charge in [0.1, 0.15) is 11.5 Å². The highest BCUT2D eigenvalue weighted by Crippen LogP contribution is 2.26. The molecule has 0 bridgehead atoms. The van der Waals surface area contributed by atoms with Crippen molar-refractivity contribution in [1.29, 1.82) is 0 Å². The lowest BCUT2D eigenvalue weighted by Crippen LogP contribution is -2.22. The van der Waals surface area contributed by atoms with E-state index in [4.69, 9.17) is 9.47 Å². The molecule has 0 saturated heterocycles. The van der Waals surface area contributed by atoms with Crippen molar-refractivity contribution in [3.63, 3.8) is 0 Å². The third kappa shape index (κ3) is 4.20. The Morgan fingerprint density at radius 3 is 2.73 bits per heavy atom. The highest BCUT2D eigenvalue weighted by atomic mass is 16.6. The van der Waals surface area contributed by atoms with Crippen LogP contribution in [0.2, 0.25) is 0 Å². The van der Waals surface area contributed by atoms with Crippen molar-refractivity contribution in [2.75, 3.05) is 12.4 Å². The van der Waals surface area contributed by atoms with Gasteiger partial charge in [-0.25, -0.2) is 9.78 Å². The molecule has 2 aromatic carbocycles. The van der Waals surface area contributed by atoms with Gasteiger partial charge < -0.3 is 20.1 Å². The number of aromatic amines is 1. The molecule has 4 rings (SSSR count). The van der Waals surface area contributed by atoms with Crippen LogP contribution in [0.1, 0.15) is 10.4 Å². The van der Waals surface area contributed by atoms with E-state index >= 15 is 0 Å². The second-order valence-electron chi connectivity index (χ2n) is 6.19. The first-order chi connectivity index (χ1) is 14.6. The van der Waals surface area contributed by atoms with E-state index in [2.05, 4.69) is 25.8 Å². The van der Waals surface area contributed by atoms with Crippen LogP contribution in [0, 0.1) is 0 Å². The molecule has 0 aliphatic rings. The molecule has 0 atom stereocenters. The number of amides is 2. The summed E-state index contributed by atoms with van der Waals surface area (Å²) in [6.45, 7) is 0. The highest BCUT2D eigenvalue weighted by molar-refractivity contribution is 6.08. The van der Waals surface area contributed by atoms with Gasteiger partial charge in [-0.2, -0.15) is 5.10 Å². The predicted octanol–water partition coefficient (Wildman–Crippen LogP) is 3.72. The number of H-pyrrole nitrogens is 1. The Hall–Kier alpha value is -4.40. The molecule has 150 valence electrons. The Kier molecular flexibility index (Phi) is 5.25. The number of carbonyl (C=O) groups excluding carboxylic acids is 2. The van der Waals surface area contributed by atoms with E-state index in [9.17, 15) is 9.59 Å². The van der Waals surface area contributed by atoms with Crippen molar-refractivity contribution in [3.05, 3.63) is 72.6 Å². The van der Waals surface area contributed by atoms with Crippen LogP contribution in [0.15, 0.2) is 67.0 Å². The van der Waals surface area contributed by atoms with Crippen molar-refractivity contribution in [1.82, 2.24) is 20.5 Å². The largest absolute Gasteiger partial charge is 0.457 e. The minimum absolute atomic E-state index is 0.0911. The Morgan fingerprint density at radius 1 is 1.03 bits per heavy atom. The van der Waals surface area contributed by atoms with Crippen molar-refractivity contribution in [2.24, 2.45) is 0 Å². The molecule has 9 nitrogen and oxygen atoms in total. The lowest BCUT2D eigenvalue weighted by molar-refractivity contribution is 0.102. The predicted molar refractivity (Wildman–Crippen MR) is 110 cm³/mol. The van der Waals surface area contributed by atoms with E-state index in [0.717, 1.165) is 10.9 Å². The Balaban J connectivity index is 1.50. The van der Waals surface area contributed by atoms with E-state index in [0.29, 0.717) is 22.7 Å². The standard InChI is InChI=1S/C21H17N5O4/c1-22-21(28)30-18-11-16(8-9-23-18)29-15-6-2-4-13(10-15)20(27)25-17-7-3-5-14-12-24-26-19(14)17/h2-12H,1H3,(H,22,28)(H,24,26)(H,25,27). The molecule has 0 saturated carbocycles. The molecular weight excluding hydrogens is 386 g/mol. The lowest BCUT2D eigenvalue weighted by atomic mass is 10.2. The smallest absolute Gasteiger partial charge is 0.413 e. The monoisotopic (exact) mass is 403 g/mol. The number of ether oxygens (including phenoxy) is 2. The highest BCUT2D eigenvalue weighted by Gasteiger charge is 2.11. The lowest BCUT2D eigenvalue weighted by Gasteiger charge is -2.10. The molecule has 0 aliphatic heterocycles. The van der Waals surface area contributed by atoms with Crippen molar-refractivity contribution in [2.45, 2.75) is 0 Å². The second-order valence-corrected chi connectivity index (χ2v) is 6.19. The molecule has 2 heterocycles. The SMILES string of the molecule is CNC(=O)Oc1cc(Oc2cccc(C(=O)Nc3cccc4cn[nH]c34)c2)ccn1. The number of nitrogens with zero attached hydrogens (tertiary/aromatic N) is 2. The zero-order valence-electron chi connectivity index (χ0n) is 15.9. The maximum Gasteiger partial charge on any atom is 0.413 e. The molecule has 3 N–H and O–H groups in total. The molecule has 30 heavy (non-hydrogen) atoms. The number of para-hydroxylation sites is 1. The summed E-state index contributed by atoms with van der Waals surface area (Å²) < 4.78 is 10.8. The summed E-state index contributed by atoms with van der Waals surface area (Å²) in [7, 11) is 1.45. The summed E-state index contributed by atoms with van der Waals surface area (Å²) in [6, 6.07) is 15.3. The first-order valence-electron chi connectivity index (χ1n) is 8.99. The van der Waals surface area contributed by atoms with E-state index in [1.165, 1.54) is 19.3 Å². The molecule has 0 spiro atoms. The third-order valence-corrected chi connectivity index (χ3v) is 4.16. The van der Waals surface area contributed by atoms with Gasteiger partial charge in [0.2, 0.25) is 5.88 Å². The molecule has 2 amide bonds. The van der Waals surface area contributed by atoms with E-state index in [1.807, 2.05) is 12.1 Å². The van der Waals surface area contributed by atoms with Gasteiger partial charge in [-0.15, -0.1) is 0 Å². The van der Waals surface area contributed by atoms with Crippen LogP contribution in [0.5, 0.6) is 17.4 Å². The molecule has 2 aromatic heterocycles. The van der Waals surface area contributed by atoms with Crippen LogP contribution in [0.3, 0.4) is 0 Å². The summed E-state index contributed by atoms with van der Waals surface area (Å²) in [5.74, 6) is 0.650. The topological polar surface area (TPSA) is 118 Å². The van der Waals surface area contributed by atoms with Crippen LogP contribution < -0.4 is 20.1 Å². The fourth-order valence-corrected chi connectivity index (χ4v) is 2.76. The number of rotatable bonds is 5. The maximum absolute atomic E-state index is 12.7. The maximum atomic E-state index is 12.7. The van der Waals surface area contributed by atoms with Crippen molar-refractivity contribution < 1.29 is 19.1 Å². The fourth-order valence-electron chi connectivity index (χ4n) is 2.76. The van der Waals surface area contributed by atoms with E-state index in [1.54, 1.807) is 42.6 Å². The van der Waals surface area contributed by atoms with Gasteiger partial charge >= 0.3 is 6.09 Å². The number of anilines is 1. The zero-order valence-corrected chi connectivity index (χ0v) is 15.9. The van der Waals surface area contributed by atoms with Crippen LogP contribution in [0.25, 0.3) is 10.9 Å². The minimum Gasteiger partial charge on any atom is -0.457 e. The molecule has 0 aliphatic carbocycles. The molecule has 0 radical (unpaired) electrons. The first kappa shape index (κ1) is 18.9. The number of benzene rings is 2. The van der Waals surface area contributed by atoms with Gasteiger partial charge in [0.15, 0.2) is 0 Å². The van der Waals surface area contributed by atoms with Crippen LogP contribution in [-0.2, 0) is 0 Å². The number of fused-ring (bicyclic) bond motifs is 1. The number of aromatic nitrogens is 3. The summed E-state index contributed by atoms with van der Waals surface area (Å²) >= 11 is 0. The van der Waals surface area contributed by atoms with Gasteiger partial charge in [0.25, 0.3) is 5.91 Å². The summed E-state index contributed by atoms with van der Waals surface area (Å²) in [5, 5.41) is 13.0. The Bertz CT molecular complexity index is 1220. The molecule has 0 unspecified atom stereocenters. The van der Waals surface area contributed by atoms with Crippen molar-refractivity contribution >= 4 is 28.6 Å². The summed E-state index contributed by atoms with van der Waals surface area (Å²) in [4.78, 5) is 28.0. The third-order valence-electron chi connectivity index (χ3n) is 4.16. The first-order valence-corrected chi connectivity index (χ1v) is 8.99. The van der Waals surface area contributed by atoms with E-state index < -0.39 is 6.09 Å². The van der Waals surface area contributed by atoms with Gasteiger partial charge in [0, 0.05) is 30.3 Å². The van der Waals surface area contributed by atoms with Crippen LogP contribution in [-0.4, -0.2) is 34.2 Å². The average molecular weight is 403 g/mol. The van der Waals surface area contributed by atoms with Gasteiger partial charge in [-0.3, -0.25) is 9.89 Å². The van der Waals surface area contributed by atoms with Crippen LogP contribution in [0.4, 0.5) is 10.5 Å². The molecule has 0 fully saturated rings. The van der Waals surface area contributed by atoms with Crippen LogP contribution >= 0.6 is 0 Å². The van der Waals surface area contributed by atoms with Crippen molar-refractivity contribution in [3.8, 4) is 17.4 Å². The van der Waals surface area contributed by atoms with Gasteiger partial charge in [-0.05, 0) is 30.3 Å². The number of hydrogen-bond donors (Lipinski definition) is 3. The molecular formula is C21H17N5O4. The number of pyridine rings is 1. The van der Waals surface area contributed by atoms with Gasteiger partial charge in [0.05, 0.1) is 17.4 Å². The minimum atomic E-state index is -0.634. The summed E-state index contributed by atoms with van der Waals surface area (Å²) in [5.41, 5.74) is 1.80.